The van der Waals surface area contributed by atoms with E-state index in [2.05, 4.69) is 0 Å². The van der Waals surface area contributed by atoms with Crippen LogP contribution in [-0.4, -0.2) is 52.0 Å². The Morgan fingerprint density at radius 1 is 0.909 bits per heavy atom. The maximum absolute atomic E-state index is 13.6. The van der Waals surface area contributed by atoms with Crippen LogP contribution >= 0.6 is 0 Å². The summed E-state index contributed by atoms with van der Waals surface area (Å²) in [6.07, 6.45) is 0.743. The first-order valence-electron chi connectivity index (χ1n) is 11.1. The number of rotatable bonds is 4. The minimum Gasteiger partial charge on any atom is -0.444 e. The number of carbonyl (C=O) groups is 1. The van der Waals surface area contributed by atoms with Gasteiger partial charge in [0.2, 0.25) is 10.0 Å². The first-order valence-corrected chi connectivity index (χ1v) is 12.5. The van der Waals surface area contributed by atoms with Gasteiger partial charge in [0.1, 0.15) is 6.61 Å². The zero-order valence-electron chi connectivity index (χ0n) is 18.8. The van der Waals surface area contributed by atoms with E-state index in [1.165, 1.54) is 0 Å². The summed E-state index contributed by atoms with van der Waals surface area (Å²) < 4.78 is 34.2. The van der Waals surface area contributed by atoms with Gasteiger partial charge in [-0.05, 0) is 31.0 Å². The van der Waals surface area contributed by atoms with Crippen LogP contribution in [0.5, 0.6) is 0 Å². The van der Waals surface area contributed by atoms with Gasteiger partial charge in [0.15, 0.2) is 0 Å². The van der Waals surface area contributed by atoms with E-state index in [0.29, 0.717) is 30.8 Å². The molecule has 172 valence electrons. The van der Waals surface area contributed by atoms with Crippen molar-refractivity contribution in [1.82, 2.24) is 4.31 Å². The third-order valence-electron chi connectivity index (χ3n) is 6.55. The number of piperidine rings is 1. The molecule has 0 bridgehead atoms. The van der Waals surface area contributed by atoms with Crippen LogP contribution in [0.4, 0.5) is 16.2 Å². The Morgan fingerprint density at radius 2 is 1.61 bits per heavy atom. The van der Waals surface area contributed by atoms with Crippen molar-refractivity contribution < 1.29 is 17.9 Å². The number of para-hydroxylation sites is 1. The van der Waals surface area contributed by atoms with E-state index in [4.69, 9.17) is 4.74 Å². The number of hydrogen-bond acceptors (Lipinski definition) is 5. The molecule has 2 heterocycles. The summed E-state index contributed by atoms with van der Waals surface area (Å²) in [6, 6.07) is 18.8. The van der Waals surface area contributed by atoms with Crippen molar-refractivity contribution in [2.24, 2.45) is 0 Å². The van der Waals surface area contributed by atoms with Crippen molar-refractivity contribution in [1.29, 1.82) is 0 Å². The molecule has 0 spiro atoms. The van der Waals surface area contributed by atoms with Crippen LogP contribution in [0.25, 0.3) is 10.8 Å². The lowest BCUT2D eigenvalue weighted by atomic mass is 10.0. The molecular formula is C25H27N3O4S. The lowest BCUT2D eigenvalue weighted by molar-refractivity contribution is 0.136. The van der Waals surface area contributed by atoms with Gasteiger partial charge in [-0.1, -0.05) is 42.5 Å². The second-order valence-corrected chi connectivity index (χ2v) is 10.6. The molecule has 1 saturated heterocycles. The van der Waals surface area contributed by atoms with Gasteiger partial charge in [-0.3, -0.25) is 4.90 Å². The highest BCUT2D eigenvalue weighted by Gasteiger charge is 2.37. The minimum absolute atomic E-state index is 0.0988. The predicted octanol–water partition coefficient (Wildman–Crippen LogP) is 4.22. The van der Waals surface area contributed by atoms with Gasteiger partial charge >= 0.3 is 6.09 Å². The van der Waals surface area contributed by atoms with Gasteiger partial charge in [-0.15, -0.1) is 0 Å². The van der Waals surface area contributed by atoms with Gasteiger partial charge in [-0.25, -0.2) is 13.2 Å². The number of amides is 1. The molecule has 3 aromatic carbocycles. The first-order chi connectivity index (χ1) is 15.9. The molecule has 1 amide bonds. The summed E-state index contributed by atoms with van der Waals surface area (Å²) >= 11 is 0. The van der Waals surface area contributed by atoms with E-state index in [0.717, 1.165) is 27.7 Å². The first kappa shape index (κ1) is 21.7. The number of carbonyl (C=O) groups excluding carboxylic acids is 1. The molecule has 0 saturated carbocycles. The molecule has 0 radical (unpaired) electrons. The highest BCUT2D eigenvalue weighted by molar-refractivity contribution is 7.89. The minimum atomic E-state index is -3.68. The molecule has 2 aliphatic rings. The summed E-state index contributed by atoms with van der Waals surface area (Å²) in [4.78, 5) is 16.6. The molecule has 3 aromatic rings. The Morgan fingerprint density at radius 3 is 2.36 bits per heavy atom. The van der Waals surface area contributed by atoms with Gasteiger partial charge in [0.05, 0.1) is 10.6 Å². The highest BCUT2D eigenvalue weighted by atomic mass is 32.2. The van der Waals surface area contributed by atoms with Crippen LogP contribution in [0.3, 0.4) is 0 Å². The second-order valence-electron chi connectivity index (χ2n) is 8.71. The van der Waals surface area contributed by atoms with E-state index in [-0.39, 0.29) is 18.7 Å². The largest absolute Gasteiger partial charge is 0.444 e. The fraction of sp³-hybridized carbons (Fsp3) is 0.320. The van der Waals surface area contributed by atoms with Crippen LogP contribution in [0, 0.1) is 0 Å². The zero-order chi connectivity index (χ0) is 23.2. The number of nitrogens with zero attached hydrogens (tertiary/aromatic N) is 3. The lowest BCUT2D eigenvalue weighted by Gasteiger charge is -2.39. The Hall–Kier alpha value is -3.10. The standard InChI is InChI=1S/C25H27N3O4S/c1-26(2)23-11-5-9-21-20(23)8-6-12-24(21)33(30,31)27-15-13-19(14-16-27)28-22-10-4-3-7-18(22)17-32-25(28)29/h3-12,19H,13-17H2,1-2H3. The molecule has 0 aromatic heterocycles. The van der Waals surface area contributed by atoms with Crippen molar-refractivity contribution in [2.45, 2.75) is 30.4 Å². The van der Waals surface area contributed by atoms with Crippen molar-refractivity contribution in [3.05, 3.63) is 66.2 Å². The number of sulfonamides is 1. The molecule has 5 rings (SSSR count). The molecule has 0 unspecified atom stereocenters. The average molecular weight is 466 g/mol. The SMILES string of the molecule is CN(C)c1cccc2c(S(=O)(=O)N3CCC(N4C(=O)OCc5ccccc54)CC3)cccc12. The smallest absolute Gasteiger partial charge is 0.414 e. The number of fused-ring (bicyclic) bond motifs is 2. The average Bonchev–Trinajstić information content (AvgIpc) is 2.83. The second kappa shape index (κ2) is 8.35. The van der Waals surface area contributed by atoms with Crippen molar-refractivity contribution in [3.63, 3.8) is 0 Å². The summed E-state index contributed by atoms with van der Waals surface area (Å²) in [6.45, 7) is 0.972. The lowest BCUT2D eigenvalue weighted by Crippen LogP contribution is -2.50. The van der Waals surface area contributed by atoms with Crippen LogP contribution < -0.4 is 9.80 Å². The molecule has 8 heteroatoms. The van der Waals surface area contributed by atoms with Gasteiger partial charge in [0.25, 0.3) is 0 Å². The van der Waals surface area contributed by atoms with E-state index in [1.54, 1.807) is 21.3 Å². The Bertz CT molecular complexity index is 1310. The monoisotopic (exact) mass is 465 g/mol. The maximum Gasteiger partial charge on any atom is 0.414 e. The molecule has 0 atom stereocenters. The Balaban J connectivity index is 1.41. The summed E-state index contributed by atoms with van der Waals surface area (Å²) in [5.74, 6) is 0. The Kier molecular flexibility index (Phi) is 5.50. The summed E-state index contributed by atoms with van der Waals surface area (Å²) in [5.41, 5.74) is 2.81. The number of benzene rings is 3. The molecule has 2 aliphatic heterocycles. The van der Waals surface area contributed by atoms with Crippen LogP contribution in [0.2, 0.25) is 0 Å². The van der Waals surface area contributed by atoms with Crippen LogP contribution in [0.15, 0.2) is 65.6 Å². The topological polar surface area (TPSA) is 70.2 Å². The third-order valence-corrected chi connectivity index (χ3v) is 8.50. The number of anilines is 2. The molecule has 33 heavy (non-hydrogen) atoms. The molecule has 7 nitrogen and oxygen atoms in total. The van der Waals surface area contributed by atoms with E-state index >= 15 is 0 Å². The van der Waals surface area contributed by atoms with Gasteiger partial charge < -0.3 is 9.64 Å². The predicted molar refractivity (Wildman–Crippen MR) is 129 cm³/mol. The summed E-state index contributed by atoms with van der Waals surface area (Å²) in [7, 11) is 0.219. The number of ether oxygens (including phenoxy) is 1. The molecule has 0 aliphatic carbocycles. The van der Waals surface area contributed by atoms with Crippen LogP contribution in [0.1, 0.15) is 18.4 Å². The molecule has 0 N–H and O–H groups in total. The third kappa shape index (κ3) is 3.73. The van der Waals surface area contributed by atoms with Crippen molar-refractivity contribution in [3.8, 4) is 0 Å². The fourth-order valence-corrected chi connectivity index (χ4v) is 6.56. The van der Waals surface area contributed by atoms with Gasteiger partial charge in [0, 0.05) is 55.2 Å². The Labute approximate surface area is 194 Å². The fourth-order valence-electron chi connectivity index (χ4n) is 4.88. The van der Waals surface area contributed by atoms with Gasteiger partial charge in [-0.2, -0.15) is 4.31 Å². The highest BCUT2D eigenvalue weighted by Crippen LogP contribution is 2.35. The number of cyclic esters (lactones) is 1. The van der Waals surface area contributed by atoms with Crippen molar-refractivity contribution >= 4 is 38.3 Å². The zero-order valence-corrected chi connectivity index (χ0v) is 19.6. The summed E-state index contributed by atoms with van der Waals surface area (Å²) in [5, 5.41) is 1.63. The maximum atomic E-state index is 13.6. The van der Waals surface area contributed by atoms with Crippen LogP contribution in [-0.2, 0) is 21.4 Å². The quantitative estimate of drug-likeness (QED) is 0.577. The van der Waals surface area contributed by atoms with E-state index in [1.807, 2.05) is 67.5 Å². The van der Waals surface area contributed by atoms with E-state index < -0.39 is 10.0 Å². The van der Waals surface area contributed by atoms with E-state index in [9.17, 15) is 13.2 Å². The number of hydrogen-bond donors (Lipinski definition) is 0. The molecular weight excluding hydrogens is 438 g/mol. The normalized spacial score (nSPS) is 17.6. The van der Waals surface area contributed by atoms with Crippen molar-refractivity contribution in [2.75, 3.05) is 37.0 Å². The molecule has 1 fully saturated rings.